The number of aromatic nitrogens is 2. The van der Waals surface area contributed by atoms with Gasteiger partial charge in [0.15, 0.2) is 5.60 Å². The first-order chi connectivity index (χ1) is 22.5. The Balaban J connectivity index is 0.000000915. The molecule has 0 spiro atoms. The monoisotopic (exact) mass is 645 g/mol. The zero-order valence-corrected chi connectivity index (χ0v) is 27.2. The van der Waals surface area contributed by atoms with Gasteiger partial charge in [0.25, 0.3) is 5.56 Å². The van der Waals surface area contributed by atoms with Crippen molar-refractivity contribution in [3.8, 4) is 17.1 Å². The highest BCUT2D eigenvalue weighted by Crippen LogP contribution is 2.41. The number of hydrogen-bond donors (Lipinski definition) is 1. The van der Waals surface area contributed by atoms with Crippen LogP contribution in [0.1, 0.15) is 81.5 Å². The van der Waals surface area contributed by atoms with Gasteiger partial charge in [-0.05, 0) is 88.4 Å². The SMILES string of the molecule is CC(=O)[O-].CCc1c2c(nc3ccc(OC(=O)N4CCC(N5CCCCC5)CC4)cc13)-c1cc3c(c(=O)n1C2)COC(=O)[C@]3(O)CC. The lowest BCUT2D eigenvalue weighted by Crippen LogP contribution is -2.48. The van der Waals surface area contributed by atoms with Gasteiger partial charge in [-0.2, -0.15) is 0 Å². The highest BCUT2D eigenvalue weighted by Gasteiger charge is 2.45. The van der Waals surface area contributed by atoms with Gasteiger partial charge in [-0.25, -0.2) is 14.6 Å². The number of cyclic esters (lactones) is 1. The summed E-state index contributed by atoms with van der Waals surface area (Å²) >= 11 is 0. The van der Waals surface area contributed by atoms with Crippen LogP contribution in [-0.2, 0) is 39.5 Å². The minimum atomic E-state index is -1.86. The smallest absolute Gasteiger partial charge is 0.415 e. The fourth-order valence-electron chi connectivity index (χ4n) is 7.47. The Bertz CT molecular complexity index is 1780. The number of fused-ring (bicyclic) bond motifs is 5. The van der Waals surface area contributed by atoms with E-state index < -0.39 is 17.5 Å². The van der Waals surface area contributed by atoms with Crippen molar-refractivity contribution in [2.45, 2.75) is 90.5 Å². The van der Waals surface area contributed by atoms with Crippen LogP contribution in [-0.4, -0.2) is 74.7 Å². The fraction of sp³-hybridized carbons (Fsp3) is 0.514. The number of pyridine rings is 2. The molecule has 1 amide bonds. The summed E-state index contributed by atoms with van der Waals surface area (Å²) in [5, 5.41) is 20.9. The number of carbonyl (C=O) groups is 3. The predicted octanol–water partition coefficient (Wildman–Crippen LogP) is 2.85. The maximum atomic E-state index is 13.6. The number of carboxylic acids is 1. The number of hydrogen-bond acceptors (Lipinski definition) is 10. The summed E-state index contributed by atoms with van der Waals surface area (Å²) in [4.78, 5) is 57.4. The zero-order chi connectivity index (χ0) is 33.5. The van der Waals surface area contributed by atoms with Crippen molar-refractivity contribution in [3.05, 3.63) is 56.9 Å². The Hall–Kier alpha value is -4.29. The minimum Gasteiger partial charge on any atom is -0.550 e. The number of nitrogens with zero attached hydrogens (tertiary/aromatic N) is 4. The number of ether oxygens (including phenoxy) is 2. The van der Waals surface area contributed by atoms with Gasteiger partial charge in [0.05, 0.1) is 29.0 Å². The summed E-state index contributed by atoms with van der Waals surface area (Å²) in [5.74, 6) is -1.35. The molecule has 2 aromatic heterocycles. The van der Waals surface area contributed by atoms with Gasteiger partial charge in [-0.3, -0.25) is 4.79 Å². The van der Waals surface area contributed by atoms with E-state index in [4.69, 9.17) is 24.4 Å². The average Bonchev–Trinajstić information content (AvgIpc) is 3.44. The molecular formula is C35H41N4O8-. The van der Waals surface area contributed by atoms with Gasteiger partial charge in [0, 0.05) is 41.6 Å². The van der Waals surface area contributed by atoms with Crippen LogP contribution < -0.4 is 15.4 Å². The Morgan fingerprint density at radius 3 is 2.43 bits per heavy atom. The first kappa shape index (κ1) is 32.6. The van der Waals surface area contributed by atoms with Gasteiger partial charge in [-0.15, -0.1) is 0 Å². The van der Waals surface area contributed by atoms with Gasteiger partial charge >= 0.3 is 12.1 Å². The fourth-order valence-corrected chi connectivity index (χ4v) is 7.47. The summed E-state index contributed by atoms with van der Waals surface area (Å²) in [7, 11) is 0. The largest absolute Gasteiger partial charge is 0.550 e. The lowest BCUT2D eigenvalue weighted by atomic mass is 9.86. The van der Waals surface area contributed by atoms with Crippen LogP contribution in [0.2, 0.25) is 0 Å². The van der Waals surface area contributed by atoms with E-state index in [0.717, 1.165) is 41.8 Å². The number of rotatable bonds is 4. The molecule has 7 rings (SSSR count). The topological polar surface area (TPSA) is 154 Å². The maximum absolute atomic E-state index is 13.6. The first-order valence-corrected chi connectivity index (χ1v) is 16.6. The van der Waals surface area contributed by atoms with E-state index in [1.165, 1.54) is 32.4 Å². The zero-order valence-electron chi connectivity index (χ0n) is 27.2. The summed E-state index contributed by atoms with van der Waals surface area (Å²) in [6, 6.07) is 7.77. The summed E-state index contributed by atoms with van der Waals surface area (Å²) in [6.45, 7) is 8.62. The van der Waals surface area contributed by atoms with Gasteiger partial charge in [0.2, 0.25) is 0 Å². The molecule has 0 saturated carbocycles. The Labute approximate surface area is 272 Å². The number of aryl methyl sites for hydroxylation is 1. The normalized spacial score (nSPS) is 20.9. The van der Waals surface area contributed by atoms with E-state index >= 15 is 0 Å². The molecule has 2 fully saturated rings. The van der Waals surface area contributed by atoms with E-state index in [9.17, 15) is 19.5 Å². The number of aliphatic hydroxyl groups is 1. The van der Waals surface area contributed by atoms with Crippen molar-refractivity contribution < 1.29 is 34.1 Å². The van der Waals surface area contributed by atoms with Crippen molar-refractivity contribution in [3.63, 3.8) is 0 Å². The highest BCUT2D eigenvalue weighted by molar-refractivity contribution is 5.90. The number of carboxylic acid groups (broad SMARTS) is 1. The number of carbonyl (C=O) groups excluding carboxylic acids is 3. The van der Waals surface area contributed by atoms with E-state index in [1.807, 2.05) is 17.0 Å². The molecule has 0 aliphatic carbocycles. The second kappa shape index (κ2) is 13.1. The standard InChI is InChI=1S/C33H38N4O6.C2H4O2/c1-3-22-23-16-21(43-32(40)36-14-10-20(11-15-36)35-12-6-5-7-13-35)8-9-27(23)34-29-24(22)18-37-28(29)17-26-25(30(37)38)19-42-31(39)33(26,41)4-2;1-2(3)4/h8-9,16-17,20,41H,3-7,10-15,18-19H2,1-2H3;1H3,(H,3,4)/p-1/t33-;/m0./s1. The second-order valence-corrected chi connectivity index (χ2v) is 12.7. The number of piperidine rings is 2. The van der Waals surface area contributed by atoms with Crippen molar-refractivity contribution >= 4 is 28.9 Å². The lowest BCUT2D eigenvalue weighted by Gasteiger charge is -2.39. The number of amides is 1. The maximum Gasteiger partial charge on any atom is 0.415 e. The molecule has 0 radical (unpaired) electrons. The molecule has 1 atom stereocenters. The van der Waals surface area contributed by atoms with Crippen molar-refractivity contribution in [1.29, 1.82) is 0 Å². The summed E-state index contributed by atoms with van der Waals surface area (Å²) in [6.07, 6.45) is 6.26. The molecule has 4 aliphatic rings. The second-order valence-electron chi connectivity index (χ2n) is 12.7. The molecule has 12 nitrogen and oxygen atoms in total. The quantitative estimate of drug-likeness (QED) is 0.328. The molecular weight excluding hydrogens is 604 g/mol. The summed E-state index contributed by atoms with van der Waals surface area (Å²) in [5.41, 5.74) is 2.38. The Kier molecular flexibility index (Phi) is 9.08. The van der Waals surface area contributed by atoms with Gasteiger partial charge in [0.1, 0.15) is 12.4 Å². The Morgan fingerprint density at radius 1 is 1.06 bits per heavy atom. The van der Waals surface area contributed by atoms with Crippen LogP contribution in [0.4, 0.5) is 4.79 Å². The molecule has 3 aromatic rings. The lowest BCUT2D eigenvalue weighted by molar-refractivity contribution is -0.302. The van der Waals surface area contributed by atoms with Crippen molar-refractivity contribution in [2.24, 2.45) is 0 Å². The van der Waals surface area contributed by atoms with Crippen LogP contribution in [0.25, 0.3) is 22.3 Å². The average molecular weight is 646 g/mol. The molecule has 12 heteroatoms. The molecule has 0 bridgehead atoms. The number of esters is 1. The van der Waals surface area contributed by atoms with E-state index in [0.29, 0.717) is 60.4 Å². The number of likely N-dealkylation sites (tertiary alicyclic amines) is 2. The van der Waals surface area contributed by atoms with E-state index in [1.54, 1.807) is 23.6 Å². The molecule has 1 aromatic carbocycles. The molecule has 1 N–H and O–H groups in total. The molecule has 2 saturated heterocycles. The third-order valence-electron chi connectivity index (χ3n) is 9.97. The van der Waals surface area contributed by atoms with E-state index in [-0.39, 0.29) is 24.7 Å². The molecule has 0 unspecified atom stereocenters. The van der Waals surface area contributed by atoms with Crippen LogP contribution in [0, 0.1) is 0 Å². The molecule has 6 heterocycles. The molecule has 250 valence electrons. The van der Waals surface area contributed by atoms with Crippen molar-refractivity contribution in [1.82, 2.24) is 19.4 Å². The van der Waals surface area contributed by atoms with Crippen LogP contribution in [0.3, 0.4) is 0 Å². The van der Waals surface area contributed by atoms with Crippen molar-refractivity contribution in [2.75, 3.05) is 26.2 Å². The van der Waals surface area contributed by atoms with E-state index in [2.05, 4.69) is 11.8 Å². The third kappa shape index (κ3) is 6.00. The van der Waals surface area contributed by atoms with Crippen LogP contribution >= 0.6 is 0 Å². The molecule has 47 heavy (non-hydrogen) atoms. The minimum absolute atomic E-state index is 0.0951. The van der Waals surface area contributed by atoms with Gasteiger partial charge < -0.3 is 38.8 Å². The molecule has 4 aliphatic heterocycles. The number of aliphatic carboxylic acids is 1. The highest BCUT2D eigenvalue weighted by atomic mass is 16.6. The van der Waals surface area contributed by atoms with Gasteiger partial charge in [-0.1, -0.05) is 20.3 Å². The number of benzene rings is 1. The Morgan fingerprint density at radius 2 is 1.77 bits per heavy atom. The third-order valence-corrected chi connectivity index (χ3v) is 9.97. The first-order valence-electron chi connectivity index (χ1n) is 16.6. The van der Waals surface area contributed by atoms with Crippen LogP contribution in [0.5, 0.6) is 5.75 Å². The van der Waals surface area contributed by atoms with Crippen LogP contribution in [0.15, 0.2) is 29.1 Å². The summed E-state index contributed by atoms with van der Waals surface area (Å²) < 4.78 is 12.7. The predicted molar refractivity (Wildman–Crippen MR) is 171 cm³/mol.